The van der Waals surface area contributed by atoms with Crippen LogP contribution in [-0.2, 0) is 20.9 Å². The lowest BCUT2D eigenvalue weighted by atomic mass is 10.0. The van der Waals surface area contributed by atoms with E-state index in [1.165, 1.54) is 12.2 Å². The molecule has 134 valence electrons. The van der Waals surface area contributed by atoms with E-state index < -0.39 is 11.9 Å². The fraction of sp³-hybridized carbons (Fsp3) is 0.143. The molecule has 2 aromatic rings. The van der Waals surface area contributed by atoms with Gasteiger partial charge >= 0.3 is 11.9 Å². The molecule has 0 unspecified atom stereocenters. The minimum atomic E-state index is -1.05. The first-order chi connectivity index (χ1) is 12.6. The van der Waals surface area contributed by atoms with E-state index in [9.17, 15) is 9.59 Å². The van der Waals surface area contributed by atoms with Gasteiger partial charge in [0.1, 0.15) is 12.4 Å². The summed E-state index contributed by atoms with van der Waals surface area (Å²) in [7, 11) is 0. The topological polar surface area (TPSA) is 72.8 Å². The second-order valence-corrected chi connectivity index (χ2v) is 5.29. The molecule has 0 heterocycles. The van der Waals surface area contributed by atoms with Gasteiger partial charge in [-0.3, -0.25) is 0 Å². The summed E-state index contributed by atoms with van der Waals surface area (Å²) in [6, 6.07) is 15.0. The first-order valence-electron chi connectivity index (χ1n) is 8.15. The third kappa shape index (κ3) is 5.94. The maximum absolute atomic E-state index is 11.6. The Morgan fingerprint density at radius 1 is 1.00 bits per heavy atom. The summed E-state index contributed by atoms with van der Waals surface area (Å²) in [4.78, 5) is 22.4. The summed E-state index contributed by atoms with van der Waals surface area (Å²) in [6.07, 6.45) is 5.37. The molecule has 0 amide bonds. The Bertz CT molecular complexity index is 806. The molecule has 0 atom stereocenters. The summed E-state index contributed by atoms with van der Waals surface area (Å²) in [5, 5.41) is 8.86. The second kappa shape index (κ2) is 9.84. The van der Waals surface area contributed by atoms with Crippen LogP contribution in [0.1, 0.15) is 23.6 Å². The molecule has 0 aliphatic rings. The fourth-order valence-electron chi connectivity index (χ4n) is 2.25. The number of hydrogen-bond donors (Lipinski definition) is 1. The molecule has 0 radical (unpaired) electrons. The van der Waals surface area contributed by atoms with Gasteiger partial charge in [0.2, 0.25) is 0 Å². The fourth-order valence-corrected chi connectivity index (χ4v) is 2.25. The lowest BCUT2D eigenvalue weighted by molar-refractivity contribution is -0.137. The normalized spacial score (nSPS) is 11.0. The van der Waals surface area contributed by atoms with E-state index in [-0.39, 0.29) is 6.61 Å². The van der Waals surface area contributed by atoms with Crippen molar-refractivity contribution in [3.05, 3.63) is 77.4 Å². The largest absolute Gasteiger partial charge is 0.488 e. The zero-order valence-electron chi connectivity index (χ0n) is 14.4. The Hall–Kier alpha value is -3.34. The molecule has 0 aromatic heterocycles. The van der Waals surface area contributed by atoms with Gasteiger partial charge in [-0.1, -0.05) is 42.5 Å². The maximum atomic E-state index is 11.6. The van der Waals surface area contributed by atoms with Crippen LogP contribution in [0.25, 0.3) is 12.2 Å². The highest BCUT2D eigenvalue weighted by molar-refractivity contribution is 5.90. The highest BCUT2D eigenvalue weighted by Crippen LogP contribution is 2.26. The molecule has 0 saturated heterocycles. The molecule has 0 spiro atoms. The Balaban J connectivity index is 2.31. The van der Waals surface area contributed by atoms with Crippen molar-refractivity contribution in [1.82, 2.24) is 0 Å². The Morgan fingerprint density at radius 3 is 2.46 bits per heavy atom. The van der Waals surface area contributed by atoms with E-state index in [0.717, 1.165) is 11.6 Å². The van der Waals surface area contributed by atoms with E-state index in [0.29, 0.717) is 23.5 Å². The summed E-state index contributed by atoms with van der Waals surface area (Å²) >= 11 is 0. The number of esters is 1. The van der Waals surface area contributed by atoms with Gasteiger partial charge in [-0.2, -0.15) is 0 Å². The smallest absolute Gasteiger partial charge is 0.330 e. The lowest BCUT2D eigenvalue weighted by Gasteiger charge is -2.12. The van der Waals surface area contributed by atoms with Crippen molar-refractivity contribution in [2.24, 2.45) is 0 Å². The molecule has 0 fully saturated rings. The standard InChI is InChI=1S/C21H20O5/c1-2-25-21(24)14-12-18-17(11-13-20(22)23)9-6-10-19(18)26-15-16-7-4-3-5-8-16/h3-14H,2,15H2,1H3,(H,22,23)/b13-11+,14-12+. The predicted molar refractivity (Wildman–Crippen MR) is 99.6 cm³/mol. The molecule has 0 bridgehead atoms. The number of aliphatic carboxylic acids is 1. The van der Waals surface area contributed by atoms with Gasteiger partial charge in [0.25, 0.3) is 0 Å². The average Bonchev–Trinajstić information content (AvgIpc) is 2.64. The quantitative estimate of drug-likeness (QED) is 0.575. The number of carboxylic acid groups (broad SMARTS) is 1. The van der Waals surface area contributed by atoms with Crippen molar-refractivity contribution in [2.45, 2.75) is 13.5 Å². The van der Waals surface area contributed by atoms with Crippen molar-refractivity contribution in [2.75, 3.05) is 6.61 Å². The second-order valence-electron chi connectivity index (χ2n) is 5.29. The number of benzene rings is 2. The van der Waals surface area contributed by atoms with E-state index in [4.69, 9.17) is 14.6 Å². The SMILES string of the molecule is CCOC(=O)/C=C/c1c(/C=C/C(=O)O)cccc1OCc1ccccc1. The lowest BCUT2D eigenvalue weighted by Crippen LogP contribution is -2.00. The summed E-state index contributed by atoms with van der Waals surface area (Å²) in [5.41, 5.74) is 2.23. The summed E-state index contributed by atoms with van der Waals surface area (Å²) in [5.74, 6) is -0.985. The van der Waals surface area contributed by atoms with Gasteiger partial charge in [-0.05, 0) is 36.3 Å². The Morgan fingerprint density at radius 2 is 1.77 bits per heavy atom. The maximum Gasteiger partial charge on any atom is 0.330 e. The molecule has 0 aliphatic heterocycles. The minimum Gasteiger partial charge on any atom is -0.488 e. The summed E-state index contributed by atoms with van der Waals surface area (Å²) in [6.45, 7) is 2.36. The minimum absolute atomic E-state index is 0.279. The van der Waals surface area contributed by atoms with E-state index in [2.05, 4.69) is 0 Å². The van der Waals surface area contributed by atoms with Crippen molar-refractivity contribution in [3.8, 4) is 5.75 Å². The average molecular weight is 352 g/mol. The highest BCUT2D eigenvalue weighted by atomic mass is 16.5. The van der Waals surface area contributed by atoms with Crippen LogP contribution in [0.4, 0.5) is 0 Å². The number of carbonyl (C=O) groups excluding carboxylic acids is 1. The van der Waals surface area contributed by atoms with Gasteiger partial charge < -0.3 is 14.6 Å². The zero-order chi connectivity index (χ0) is 18.8. The van der Waals surface area contributed by atoms with Crippen LogP contribution in [0.15, 0.2) is 60.7 Å². The third-order valence-electron chi connectivity index (χ3n) is 3.42. The molecule has 5 heteroatoms. The van der Waals surface area contributed by atoms with Crippen molar-refractivity contribution in [3.63, 3.8) is 0 Å². The van der Waals surface area contributed by atoms with Crippen LogP contribution >= 0.6 is 0 Å². The van der Waals surface area contributed by atoms with Crippen molar-refractivity contribution in [1.29, 1.82) is 0 Å². The number of rotatable bonds is 8. The number of carbonyl (C=O) groups is 2. The van der Waals surface area contributed by atoms with Gasteiger partial charge in [0.15, 0.2) is 0 Å². The Labute approximate surface area is 152 Å². The molecule has 1 N–H and O–H groups in total. The highest BCUT2D eigenvalue weighted by Gasteiger charge is 2.07. The van der Waals surface area contributed by atoms with Gasteiger partial charge in [-0.15, -0.1) is 0 Å². The zero-order valence-corrected chi connectivity index (χ0v) is 14.4. The van der Waals surface area contributed by atoms with Crippen LogP contribution in [-0.4, -0.2) is 23.7 Å². The predicted octanol–water partition coefficient (Wildman–Crippen LogP) is 3.94. The number of hydrogen-bond acceptors (Lipinski definition) is 4. The molecule has 2 aromatic carbocycles. The van der Waals surface area contributed by atoms with Crippen molar-refractivity contribution < 1.29 is 24.2 Å². The first kappa shape index (κ1) is 19.0. The Kier molecular flexibility index (Phi) is 7.18. The van der Waals surface area contributed by atoms with E-state index in [1.54, 1.807) is 31.2 Å². The van der Waals surface area contributed by atoms with Crippen LogP contribution < -0.4 is 4.74 Å². The third-order valence-corrected chi connectivity index (χ3v) is 3.42. The van der Waals surface area contributed by atoms with Gasteiger partial charge in [0, 0.05) is 17.7 Å². The molecule has 0 aliphatic carbocycles. The van der Waals surface area contributed by atoms with Crippen LogP contribution in [0.5, 0.6) is 5.75 Å². The van der Waals surface area contributed by atoms with Crippen LogP contribution in [0.3, 0.4) is 0 Å². The number of ether oxygens (including phenoxy) is 2. The van der Waals surface area contributed by atoms with E-state index >= 15 is 0 Å². The summed E-state index contributed by atoms with van der Waals surface area (Å²) < 4.78 is 10.8. The molecule has 2 rings (SSSR count). The number of carboxylic acids is 1. The molecule has 0 saturated carbocycles. The van der Waals surface area contributed by atoms with Crippen molar-refractivity contribution >= 4 is 24.1 Å². The van der Waals surface area contributed by atoms with E-state index in [1.807, 2.05) is 30.3 Å². The molecule has 26 heavy (non-hydrogen) atoms. The van der Waals surface area contributed by atoms with Gasteiger partial charge in [-0.25, -0.2) is 9.59 Å². The molecular formula is C21H20O5. The molecular weight excluding hydrogens is 332 g/mol. The first-order valence-corrected chi connectivity index (χ1v) is 8.15. The van der Waals surface area contributed by atoms with Crippen LogP contribution in [0.2, 0.25) is 0 Å². The van der Waals surface area contributed by atoms with Gasteiger partial charge in [0.05, 0.1) is 6.61 Å². The monoisotopic (exact) mass is 352 g/mol. The molecule has 5 nitrogen and oxygen atoms in total. The van der Waals surface area contributed by atoms with Crippen LogP contribution in [0, 0.1) is 0 Å².